The average Bonchev–Trinajstić information content (AvgIpc) is 1.60. The summed E-state index contributed by atoms with van der Waals surface area (Å²) in [5.41, 5.74) is 2.22. The van der Waals surface area contributed by atoms with Crippen molar-refractivity contribution >= 4 is 11.9 Å². The minimum atomic E-state index is -1.46. The van der Waals surface area contributed by atoms with Crippen LogP contribution in [-0.2, 0) is 9.59 Å². The van der Waals surface area contributed by atoms with Crippen LogP contribution in [0.2, 0.25) is 0 Å². The van der Waals surface area contributed by atoms with Crippen LogP contribution < -0.4 is 5.43 Å². The molecule has 0 unspecified atom stereocenters. The van der Waals surface area contributed by atoms with Gasteiger partial charge < -0.3 is 5.11 Å². The van der Waals surface area contributed by atoms with Gasteiger partial charge in [0.15, 0.2) is 0 Å². The molecule has 0 rings (SSSR count). The molecule has 0 fully saturated rings. The van der Waals surface area contributed by atoms with Gasteiger partial charge in [0.25, 0.3) is 0 Å². The van der Waals surface area contributed by atoms with Crippen LogP contribution in [0.25, 0.3) is 0 Å². The molecule has 58 valence electrons. The van der Waals surface area contributed by atoms with Gasteiger partial charge in [-0.05, 0) is 0 Å². The largest absolute Gasteiger partial charge is 0.474 e. The Morgan fingerprint density at radius 1 is 1.30 bits per heavy atom. The Hall–Kier alpha value is -1.10. The first kappa shape index (κ1) is 8.90. The predicted molar refractivity (Wildman–Crippen MR) is 33.8 cm³/mol. The number of nitrogens with one attached hydrogen (secondary N) is 1. The first-order chi connectivity index (χ1) is 4.33. The van der Waals surface area contributed by atoms with E-state index in [0.29, 0.717) is 0 Å². The highest BCUT2D eigenvalue weighted by Gasteiger charge is 2.18. The van der Waals surface area contributed by atoms with E-state index in [-0.39, 0.29) is 4.59 Å². The first-order valence-corrected chi connectivity index (χ1v) is 2.70. The molecule has 1 amide bonds. The van der Waals surface area contributed by atoms with E-state index in [0.717, 1.165) is 0 Å². The molecule has 0 aromatic rings. The van der Waals surface area contributed by atoms with Crippen LogP contribution in [0.1, 0.15) is 0 Å². The minimum absolute atomic E-state index is 0.102. The Balaban J connectivity index is 3.93. The Morgan fingerprint density at radius 3 is 1.80 bits per heavy atom. The SMILES string of the molecule is C[N+](C)(C)NC(=O)C(=O)O. The van der Waals surface area contributed by atoms with Gasteiger partial charge >= 0.3 is 11.9 Å². The lowest BCUT2D eigenvalue weighted by atomic mass is 10.6. The summed E-state index contributed by atoms with van der Waals surface area (Å²) in [4.78, 5) is 20.4. The third-order valence-corrected chi connectivity index (χ3v) is 0.631. The summed E-state index contributed by atoms with van der Waals surface area (Å²) in [6.45, 7) is 0. The molecule has 10 heavy (non-hydrogen) atoms. The summed E-state index contributed by atoms with van der Waals surface area (Å²) in [6.07, 6.45) is 0. The van der Waals surface area contributed by atoms with Gasteiger partial charge in [-0.3, -0.25) is 4.79 Å². The molecule has 0 aliphatic heterocycles. The van der Waals surface area contributed by atoms with Crippen LogP contribution in [0, 0.1) is 0 Å². The van der Waals surface area contributed by atoms with E-state index in [1.807, 2.05) is 0 Å². The van der Waals surface area contributed by atoms with E-state index >= 15 is 0 Å². The number of carboxylic acids is 1. The molecule has 0 aliphatic rings. The zero-order valence-corrected chi connectivity index (χ0v) is 6.21. The average molecular weight is 147 g/mol. The number of hydrogen-bond donors (Lipinski definition) is 2. The molecule has 0 aromatic carbocycles. The van der Waals surface area contributed by atoms with Crippen LogP contribution in [0.15, 0.2) is 0 Å². The van der Waals surface area contributed by atoms with Crippen molar-refractivity contribution in [3.8, 4) is 0 Å². The number of rotatable bonds is 1. The number of carboxylic acid groups (broad SMARTS) is 1. The van der Waals surface area contributed by atoms with E-state index in [2.05, 4.69) is 5.43 Å². The second kappa shape index (κ2) is 2.66. The number of amides is 1. The van der Waals surface area contributed by atoms with Gasteiger partial charge in [0, 0.05) is 0 Å². The Morgan fingerprint density at radius 2 is 1.70 bits per heavy atom. The van der Waals surface area contributed by atoms with Crippen molar-refractivity contribution in [1.82, 2.24) is 5.43 Å². The smallest absolute Gasteiger partial charge is 0.399 e. The van der Waals surface area contributed by atoms with E-state index < -0.39 is 11.9 Å². The van der Waals surface area contributed by atoms with Crippen molar-refractivity contribution < 1.29 is 19.3 Å². The lowest BCUT2D eigenvalue weighted by Gasteiger charge is -2.21. The fourth-order valence-corrected chi connectivity index (χ4v) is 0.352. The van der Waals surface area contributed by atoms with Gasteiger partial charge in [0.1, 0.15) is 0 Å². The highest BCUT2D eigenvalue weighted by atomic mass is 16.4. The second-order valence-electron chi connectivity index (χ2n) is 2.76. The van der Waals surface area contributed by atoms with Crippen molar-refractivity contribution in [3.05, 3.63) is 0 Å². The lowest BCUT2D eigenvalue weighted by molar-refractivity contribution is -0.905. The number of carbonyl (C=O) groups excluding carboxylic acids is 1. The summed E-state index contributed by atoms with van der Waals surface area (Å²) >= 11 is 0. The van der Waals surface area contributed by atoms with Crippen molar-refractivity contribution in [3.63, 3.8) is 0 Å². The van der Waals surface area contributed by atoms with Crippen LogP contribution in [0.3, 0.4) is 0 Å². The van der Waals surface area contributed by atoms with Crippen LogP contribution >= 0.6 is 0 Å². The molecule has 0 radical (unpaired) electrons. The normalized spacial score (nSPS) is 10.7. The fourth-order valence-electron chi connectivity index (χ4n) is 0.352. The number of aliphatic carboxylic acids is 1. The molecular weight excluding hydrogens is 136 g/mol. The highest BCUT2D eigenvalue weighted by molar-refractivity contribution is 6.31. The molecule has 2 N–H and O–H groups in total. The van der Waals surface area contributed by atoms with Crippen LogP contribution in [0.5, 0.6) is 0 Å². The van der Waals surface area contributed by atoms with Gasteiger partial charge in [-0.15, -0.1) is 0 Å². The Bertz CT molecular complexity index is 159. The van der Waals surface area contributed by atoms with Gasteiger partial charge in [-0.1, -0.05) is 0 Å². The maximum atomic E-state index is 10.4. The molecule has 0 heterocycles. The number of carbonyl (C=O) groups is 2. The maximum absolute atomic E-state index is 10.4. The van der Waals surface area contributed by atoms with Gasteiger partial charge in [-0.2, -0.15) is 5.43 Å². The van der Waals surface area contributed by atoms with Crippen molar-refractivity contribution in [2.75, 3.05) is 21.1 Å². The first-order valence-electron chi connectivity index (χ1n) is 2.70. The number of nitrogens with zero attached hydrogens (tertiary/aromatic N) is 1. The van der Waals surface area contributed by atoms with Gasteiger partial charge in [-0.25, -0.2) is 9.39 Å². The molecule has 0 bridgehead atoms. The molecule has 0 spiro atoms. The minimum Gasteiger partial charge on any atom is -0.474 e. The van der Waals surface area contributed by atoms with Gasteiger partial charge in [0.2, 0.25) is 0 Å². The molecule has 5 heteroatoms. The van der Waals surface area contributed by atoms with Crippen molar-refractivity contribution in [2.45, 2.75) is 0 Å². The van der Waals surface area contributed by atoms with E-state index in [1.54, 1.807) is 21.1 Å². The Labute approximate surface area is 58.8 Å². The fraction of sp³-hybridized carbons (Fsp3) is 0.600. The number of hydrogen-bond acceptors (Lipinski definition) is 2. The quantitative estimate of drug-likeness (QED) is 0.278. The molecule has 0 atom stereocenters. The number of quaternary nitrogens is 1. The zero-order valence-electron chi connectivity index (χ0n) is 6.21. The topological polar surface area (TPSA) is 66.4 Å². The second-order valence-corrected chi connectivity index (χ2v) is 2.76. The third kappa shape index (κ3) is 3.85. The lowest BCUT2D eigenvalue weighted by Crippen LogP contribution is -2.53. The van der Waals surface area contributed by atoms with Crippen molar-refractivity contribution in [2.24, 2.45) is 0 Å². The highest BCUT2D eigenvalue weighted by Crippen LogP contribution is 1.80. The van der Waals surface area contributed by atoms with Gasteiger partial charge in [0.05, 0.1) is 21.1 Å². The summed E-state index contributed by atoms with van der Waals surface area (Å²) in [7, 11) is 4.96. The summed E-state index contributed by atoms with van der Waals surface area (Å²) in [5, 5.41) is 8.12. The molecule has 5 nitrogen and oxygen atoms in total. The van der Waals surface area contributed by atoms with Crippen LogP contribution in [-0.4, -0.2) is 42.7 Å². The molecule has 0 saturated heterocycles. The summed E-state index contributed by atoms with van der Waals surface area (Å²) in [6, 6.07) is 0. The molecule has 0 saturated carbocycles. The van der Waals surface area contributed by atoms with E-state index in [4.69, 9.17) is 5.11 Å². The maximum Gasteiger partial charge on any atom is 0.399 e. The third-order valence-electron chi connectivity index (χ3n) is 0.631. The Kier molecular flexibility index (Phi) is 2.36. The molecule has 0 aliphatic carbocycles. The van der Waals surface area contributed by atoms with Crippen molar-refractivity contribution in [1.29, 1.82) is 0 Å². The summed E-state index contributed by atoms with van der Waals surface area (Å²) < 4.78 is 0.102. The van der Waals surface area contributed by atoms with Crippen LogP contribution in [0.4, 0.5) is 0 Å². The predicted octanol–water partition coefficient (Wildman–Crippen LogP) is -1.19. The molecular formula is C5H11N2O3+. The van der Waals surface area contributed by atoms with E-state index in [1.165, 1.54) is 0 Å². The zero-order chi connectivity index (χ0) is 8.36. The monoisotopic (exact) mass is 147 g/mol. The van der Waals surface area contributed by atoms with E-state index in [9.17, 15) is 9.59 Å². The molecule has 0 aromatic heterocycles. The standard InChI is InChI=1S/C5H10N2O3/c1-7(2,3)6-4(8)5(9)10/h1-3H3,(H-,6,8,9,10)/p+1. The summed E-state index contributed by atoms with van der Waals surface area (Å²) in [5.74, 6) is -2.46.